The van der Waals surface area contributed by atoms with Crippen LogP contribution >= 0.6 is 0 Å². The smallest absolute Gasteiger partial charge is 0.862 e. The summed E-state index contributed by atoms with van der Waals surface area (Å²) in [6, 6.07) is 7.06. The Hall–Kier alpha value is -1.09. The first kappa shape index (κ1) is 32.1. The van der Waals surface area contributed by atoms with Crippen LogP contribution in [0.1, 0.15) is 39.7 Å². The quantitative estimate of drug-likeness (QED) is 0.272. The van der Waals surface area contributed by atoms with Crippen LogP contribution in [0.25, 0.3) is 11.0 Å². The fourth-order valence-corrected chi connectivity index (χ4v) is 2.30. The Morgan fingerprint density at radius 3 is 2.48 bits per heavy atom. The van der Waals surface area contributed by atoms with Gasteiger partial charge in [0, 0.05) is 19.6 Å². The maximum Gasteiger partial charge on any atom is 1.00 e. The van der Waals surface area contributed by atoms with Crippen molar-refractivity contribution >= 4 is 23.4 Å². The van der Waals surface area contributed by atoms with Crippen LogP contribution in [0.3, 0.4) is 0 Å². The number of likely N-dealkylation sites (N-methyl/N-ethyl adjacent to an activating group) is 1. The van der Waals surface area contributed by atoms with E-state index in [1.807, 2.05) is 44.7 Å². The van der Waals surface area contributed by atoms with Gasteiger partial charge in [-0.15, -0.1) is 5.57 Å². The molecule has 7 heteroatoms. The molecule has 6 nitrogen and oxygen atoms in total. The minimum absolute atomic E-state index is 0. The molecule has 0 aromatic heterocycles. The number of benzene rings is 1. The van der Waals surface area contributed by atoms with Crippen LogP contribution in [-0.4, -0.2) is 68.0 Å². The molecule has 0 saturated carbocycles. The van der Waals surface area contributed by atoms with Crippen molar-refractivity contribution < 1.29 is 60.9 Å². The van der Waals surface area contributed by atoms with Crippen molar-refractivity contribution in [2.75, 3.05) is 40.3 Å². The zero-order valence-corrected chi connectivity index (χ0v) is 23.3. The number of rotatable bonds is 12. The predicted molar refractivity (Wildman–Crippen MR) is 127 cm³/mol. The van der Waals surface area contributed by atoms with Crippen molar-refractivity contribution in [1.82, 2.24) is 9.80 Å². The van der Waals surface area contributed by atoms with Gasteiger partial charge in [0.05, 0.1) is 0 Å². The predicted octanol–water partition coefficient (Wildman–Crippen LogP) is 1.13. The molecule has 0 aliphatic heterocycles. The van der Waals surface area contributed by atoms with Crippen molar-refractivity contribution in [2.45, 2.75) is 34.1 Å². The summed E-state index contributed by atoms with van der Waals surface area (Å²) in [5, 5.41) is 9.47. The van der Waals surface area contributed by atoms with Crippen LogP contribution in [-0.2, 0) is 4.79 Å². The van der Waals surface area contributed by atoms with Gasteiger partial charge in [-0.3, -0.25) is 17.6 Å². The molecule has 1 rings (SSSR count). The maximum absolute atomic E-state index is 12.5. The van der Waals surface area contributed by atoms with Gasteiger partial charge in [0.2, 0.25) is 0 Å². The van der Waals surface area contributed by atoms with Crippen LogP contribution in [0.2, 0.25) is 0 Å². The van der Waals surface area contributed by atoms with Crippen molar-refractivity contribution in [3.8, 4) is 5.75 Å². The topological polar surface area (TPSA) is 67.4 Å². The Bertz CT molecular complexity index is 730. The zero-order valence-electron chi connectivity index (χ0n) is 20.2. The largest absolute Gasteiger partial charge is 1.00 e. The van der Waals surface area contributed by atoms with E-state index in [1.165, 1.54) is 6.08 Å². The Morgan fingerprint density at radius 2 is 1.94 bits per heavy atom. The second kappa shape index (κ2) is 19.6. The average molecular weight is 451 g/mol. The van der Waals surface area contributed by atoms with Crippen LogP contribution < -0.4 is 56.1 Å². The third-order valence-electron chi connectivity index (χ3n) is 3.89. The summed E-state index contributed by atoms with van der Waals surface area (Å²) < 4.78 is 5.68. The number of allylic oxidation sites excluding steroid dienone is 2. The Kier molecular flexibility index (Phi) is 20.3. The SMILES string of the molecule is CC.[CH-]=CC(C)=N[C-]=C(C=[N-])c1cccc(OCC(=O)N(CCC)CCN(C)C)c1.[K+]. The summed E-state index contributed by atoms with van der Waals surface area (Å²) >= 11 is 0. The molecule has 0 fully saturated rings. The van der Waals surface area contributed by atoms with Crippen molar-refractivity contribution in [1.29, 1.82) is 0 Å². The molecule has 0 spiro atoms. The fourth-order valence-electron chi connectivity index (χ4n) is 2.30. The van der Waals surface area contributed by atoms with Crippen LogP contribution in [0.4, 0.5) is 0 Å². The average Bonchev–Trinajstić information content (AvgIpc) is 2.76. The van der Waals surface area contributed by atoms with Gasteiger partial charge < -0.3 is 24.9 Å². The third-order valence-corrected chi connectivity index (χ3v) is 3.89. The molecule has 1 aromatic carbocycles. The third kappa shape index (κ3) is 13.8. The van der Waals surface area contributed by atoms with E-state index >= 15 is 0 Å². The minimum Gasteiger partial charge on any atom is -0.862 e. The summed E-state index contributed by atoms with van der Waals surface area (Å²) in [5.41, 5.74) is 1.63. The molecular formula is C24H35KN4O2-2. The number of aliphatic imine (C=N–C) groups is 1. The van der Waals surface area contributed by atoms with Gasteiger partial charge in [-0.1, -0.05) is 57.2 Å². The van der Waals surface area contributed by atoms with Gasteiger partial charge in [0.1, 0.15) is 5.75 Å². The number of hydrogen-bond acceptors (Lipinski definition) is 4. The minimum atomic E-state index is -0.0520. The van der Waals surface area contributed by atoms with Gasteiger partial charge in [-0.25, -0.2) is 0 Å². The van der Waals surface area contributed by atoms with E-state index in [1.54, 1.807) is 31.2 Å². The van der Waals surface area contributed by atoms with Crippen molar-refractivity contribution in [2.24, 2.45) is 4.99 Å². The molecule has 0 N–H and O–H groups in total. The van der Waals surface area contributed by atoms with Gasteiger partial charge in [-0.05, 0) is 32.8 Å². The first-order valence-electron chi connectivity index (χ1n) is 10.3. The maximum atomic E-state index is 12.5. The number of carbonyl (C=O) groups excluding carboxylic acids is 1. The zero-order chi connectivity index (χ0) is 22.9. The number of nitrogens with zero attached hydrogens (tertiary/aromatic N) is 4. The molecule has 0 unspecified atom stereocenters. The molecular weight excluding hydrogens is 415 g/mol. The summed E-state index contributed by atoms with van der Waals surface area (Å²) in [5.74, 6) is 0.478. The Balaban J connectivity index is 0. The number of amides is 1. The van der Waals surface area contributed by atoms with E-state index in [-0.39, 0.29) is 63.9 Å². The standard InChI is InChI=1S/C22H29N4O2.C2H6.K/c1-6-11-26(13-12-25(4)5)22(27)17-28-21-10-8-9-19(14-21)20(15-23)16-24-18(3)7-2;1-2;/h2,7-10,14-15H,6,11-13,17H2,1,3-5H3;1-2H3;/q-3;;+1. The van der Waals surface area contributed by atoms with Crippen LogP contribution in [0.15, 0.2) is 35.3 Å². The molecule has 0 saturated heterocycles. The summed E-state index contributed by atoms with van der Waals surface area (Å²) in [6.07, 6.45) is 5.91. The summed E-state index contributed by atoms with van der Waals surface area (Å²) in [4.78, 5) is 20.4. The molecule has 0 heterocycles. The molecule has 1 amide bonds. The monoisotopic (exact) mass is 450 g/mol. The van der Waals surface area contributed by atoms with Crippen molar-refractivity contribution in [3.63, 3.8) is 0 Å². The number of ether oxygens (including phenoxy) is 1. The van der Waals surface area contributed by atoms with E-state index in [0.717, 1.165) is 19.2 Å². The first-order valence-corrected chi connectivity index (χ1v) is 10.3. The van der Waals surface area contributed by atoms with Gasteiger partial charge in [0.15, 0.2) is 6.61 Å². The van der Waals surface area contributed by atoms with Crippen LogP contribution in [0.5, 0.6) is 5.75 Å². The molecule has 0 radical (unpaired) electrons. The van der Waals surface area contributed by atoms with E-state index in [4.69, 9.17) is 11.3 Å². The normalized spacial score (nSPS) is 11.1. The molecule has 1 aromatic rings. The second-order valence-corrected chi connectivity index (χ2v) is 6.57. The van der Waals surface area contributed by atoms with E-state index in [2.05, 4.69) is 11.2 Å². The summed E-state index contributed by atoms with van der Waals surface area (Å²) in [6.45, 7) is 15.3. The van der Waals surface area contributed by atoms with E-state index in [9.17, 15) is 10.2 Å². The van der Waals surface area contributed by atoms with Crippen molar-refractivity contribution in [3.05, 3.63) is 54.1 Å². The molecule has 31 heavy (non-hydrogen) atoms. The van der Waals surface area contributed by atoms with E-state index < -0.39 is 0 Å². The first-order chi connectivity index (χ1) is 14.4. The molecule has 0 aliphatic rings. The molecule has 166 valence electrons. The molecule has 0 aliphatic carbocycles. The Morgan fingerprint density at radius 1 is 1.26 bits per heavy atom. The van der Waals surface area contributed by atoms with Gasteiger partial charge >= 0.3 is 51.4 Å². The second-order valence-electron chi connectivity index (χ2n) is 6.57. The molecule has 0 bridgehead atoms. The van der Waals surface area contributed by atoms with Gasteiger partial charge in [0.25, 0.3) is 5.91 Å². The van der Waals surface area contributed by atoms with E-state index in [0.29, 0.717) is 35.7 Å². The fraction of sp³-hybridized carbons (Fsp3) is 0.458. The molecule has 0 atom stereocenters. The Labute approximate surface area is 231 Å². The van der Waals surface area contributed by atoms with Gasteiger partial charge in [-0.2, -0.15) is 6.08 Å². The summed E-state index contributed by atoms with van der Waals surface area (Å²) in [7, 11) is 3.96. The van der Waals surface area contributed by atoms with Crippen LogP contribution in [0, 0.1) is 12.8 Å². The number of hydrogen-bond donors (Lipinski definition) is 0. The number of carbonyl (C=O) groups is 1.